The largest absolute Gasteiger partial charge is 0.366 e. The van der Waals surface area contributed by atoms with E-state index in [1.807, 2.05) is 35.2 Å². The van der Waals surface area contributed by atoms with Crippen LogP contribution in [0.1, 0.15) is 35.7 Å². The maximum Gasteiger partial charge on any atom is 0.293 e. The van der Waals surface area contributed by atoms with Gasteiger partial charge in [-0.1, -0.05) is 30.3 Å². The number of hydrogen-bond acceptors (Lipinski definition) is 5. The summed E-state index contributed by atoms with van der Waals surface area (Å²) in [6.07, 6.45) is 1.99. The fourth-order valence-corrected chi connectivity index (χ4v) is 3.32. The molecule has 1 aliphatic heterocycles. The van der Waals surface area contributed by atoms with Crippen LogP contribution in [0.5, 0.6) is 0 Å². The highest BCUT2D eigenvalue weighted by atomic mass is 16.6. The van der Waals surface area contributed by atoms with Crippen LogP contribution in [0.25, 0.3) is 0 Å². The first-order chi connectivity index (χ1) is 14.0. The molecular formula is C21H24N4O4. The van der Waals surface area contributed by atoms with Gasteiger partial charge in [0.15, 0.2) is 0 Å². The van der Waals surface area contributed by atoms with E-state index in [9.17, 15) is 19.7 Å². The topological polar surface area (TPSA) is 105 Å². The Labute approximate surface area is 169 Å². The van der Waals surface area contributed by atoms with Crippen molar-refractivity contribution in [1.82, 2.24) is 10.6 Å². The molecule has 1 atom stereocenters. The number of nitrogens with zero attached hydrogens (tertiary/aromatic N) is 2. The second-order valence-corrected chi connectivity index (χ2v) is 7.05. The van der Waals surface area contributed by atoms with Gasteiger partial charge >= 0.3 is 0 Å². The Morgan fingerprint density at radius 1 is 1.14 bits per heavy atom. The third kappa shape index (κ3) is 5.10. The monoisotopic (exact) mass is 396 g/mol. The molecule has 2 amide bonds. The van der Waals surface area contributed by atoms with Crippen LogP contribution in [0.2, 0.25) is 0 Å². The first kappa shape index (κ1) is 20.3. The van der Waals surface area contributed by atoms with Gasteiger partial charge in [0.1, 0.15) is 11.7 Å². The Kier molecular flexibility index (Phi) is 6.43. The molecular weight excluding hydrogens is 372 g/mol. The zero-order chi connectivity index (χ0) is 20.8. The summed E-state index contributed by atoms with van der Waals surface area (Å²) in [6, 6.07) is 13.1. The summed E-state index contributed by atoms with van der Waals surface area (Å²) in [5, 5.41) is 16.8. The average molecular weight is 396 g/mol. The fraction of sp³-hybridized carbons (Fsp3) is 0.333. The number of amides is 2. The van der Waals surface area contributed by atoms with E-state index in [0.717, 1.165) is 31.5 Å². The highest BCUT2D eigenvalue weighted by Crippen LogP contribution is 2.31. The van der Waals surface area contributed by atoms with Crippen LogP contribution in [-0.4, -0.2) is 35.9 Å². The lowest BCUT2D eigenvalue weighted by molar-refractivity contribution is -0.384. The molecule has 0 saturated carbocycles. The summed E-state index contributed by atoms with van der Waals surface area (Å²) < 4.78 is 0. The predicted octanol–water partition coefficient (Wildman–Crippen LogP) is 2.63. The SMILES string of the molecule is CC(NC(=O)c1ccc(N2CCCC2)c([N+](=O)[O-])c1)C(=O)NCc1ccccc1. The number of nitrogens with one attached hydrogen (secondary N) is 2. The van der Waals surface area contributed by atoms with Gasteiger partial charge in [-0.2, -0.15) is 0 Å². The number of benzene rings is 2. The molecule has 2 aromatic carbocycles. The highest BCUT2D eigenvalue weighted by molar-refractivity contribution is 5.98. The van der Waals surface area contributed by atoms with E-state index < -0.39 is 16.9 Å². The molecule has 1 heterocycles. The van der Waals surface area contributed by atoms with E-state index >= 15 is 0 Å². The van der Waals surface area contributed by atoms with Crippen LogP contribution in [-0.2, 0) is 11.3 Å². The molecule has 0 aromatic heterocycles. The zero-order valence-electron chi connectivity index (χ0n) is 16.3. The maximum absolute atomic E-state index is 12.5. The van der Waals surface area contributed by atoms with Crippen LogP contribution in [0, 0.1) is 10.1 Å². The normalized spacial score (nSPS) is 14.3. The molecule has 8 nitrogen and oxygen atoms in total. The molecule has 1 saturated heterocycles. The number of carbonyl (C=O) groups is 2. The Bertz CT molecular complexity index is 895. The first-order valence-electron chi connectivity index (χ1n) is 9.61. The minimum atomic E-state index is -0.775. The van der Waals surface area contributed by atoms with Gasteiger partial charge in [-0.15, -0.1) is 0 Å². The number of carbonyl (C=O) groups excluding carboxylic acids is 2. The smallest absolute Gasteiger partial charge is 0.293 e. The Morgan fingerprint density at radius 3 is 2.48 bits per heavy atom. The number of rotatable bonds is 7. The van der Waals surface area contributed by atoms with Gasteiger partial charge in [0.05, 0.1) is 4.92 Å². The third-order valence-electron chi connectivity index (χ3n) is 4.93. The number of nitro benzene ring substituents is 1. The molecule has 0 radical (unpaired) electrons. The van der Waals surface area contributed by atoms with Crippen LogP contribution in [0.15, 0.2) is 48.5 Å². The minimum Gasteiger partial charge on any atom is -0.366 e. The van der Waals surface area contributed by atoms with Gasteiger partial charge in [0.2, 0.25) is 5.91 Å². The molecule has 3 rings (SSSR count). The van der Waals surface area contributed by atoms with Crippen LogP contribution < -0.4 is 15.5 Å². The summed E-state index contributed by atoms with van der Waals surface area (Å²) >= 11 is 0. The van der Waals surface area contributed by atoms with Crippen molar-refractivity contribution in [2.75, 3.05) is 18.0 Å². The van der Waals surface area contributed by atoms with Gasteiger partial charge in [-0.05, 0) is 37.5 Å². The molecule has 0 aliphatic carbocycles. The van der Waals surface area contributed by atoms with Crippen LogP contribution >= 0.6 is 0 Å². The van der Waals surface area contributed by atoms with Gasteiger partial charge in [0.25, 0.3) is 11.6 Å². The number of hydrogen-bond donors (Lipinski definition) is 2. The molecule has 1 aliphatic rings. The van der Waals surface area contributed by atoms with Crippen LogP contribution in [0.4, 0.5) is 11.4 Å². The summed E-state index contributed by atoms with van der Waals surface area (Å²) in [4.78, 5) is 37.7. The standard InChI is InChI=1S/C21H24N4O4/c1-15(20(26)22-14-16-7-3-2-4-8-16)23-21(27)17-9-10-18(19(13-17)25(28)29)24-11-5-6-12-24/h2-4,7-10,13,15H,5-6,11-12,14H2,1H3,(H,22,26)(H,23,27). The summed E-state index contributed by atoms with van der Waals surface area (Å²) in [7, 11) is 0. The second kappa shape index (κ2) is 9.18. The minimum absolute atomic E-state index is 0.0965. The van der Waals surface area contributed by atoms with E-state index in [1.54, 1.807) is 19.1 Å². The first-order valence-corrected chi connectivity index (χ1v) is 9.61. The van der Waals surface area contributed by atoms with E-state index in [0.29, 0.717) is 12.2 Å². The summed E-state index contributed by atoms with van der Waals surface area (Å²) in [5.41, 5.74) is 1.54. The van der Waals surface area contributed by atoms with Crippen LogP contribution in [0.3, 0.4) is 0 Å². The van der Waals surface area contributed by atoms with Gasteiger partial charge in [0, 0.05) is 31.3 Å². The van der Waals surface area contributed by atoms with Crippen molar-refractivity contribution < 1.29 is 14.5 Å². The molecule has 8 heteroatoms. The molecule has 29 heavy (non-hydrogen) atoms. The quantitative estimate of drug-likeness (QED) is 0.553. The Balaban J connectivity index is 1.64. The van der Waals surface area contributed by atoms with Crippen molar-refractivity contribution in [3.8, 4) is 0 Å². The van der Waals surface area contributed by atoms with E-state index in [4.69, 9.17) is 0 Å². The second-order valence-electron chi connectivity index (χ2n) is 7.05. The van der Waals surface area contributed by atoms with Crippen molar-refractivity contribution >= 4 is 23.2 Å². The third-order valence-corrected chi connectivity index (χ3v) is 4.93. The van der Waals surface area contributed by atoms with Gasteiger partial charge in [-0.25, -0.2) is 0 Å². The predicted molar refractivity (Wildman–Crippen MR) is 110 cm³/mol. The molecule has 1 unspecified atom stereocenters. The van der Waals surface area contributed by atoms with Gasteiger partial charge in [-0.3, -0.25) is 19.7 Å². The zero-order valence-corrected chi connectivity index (χ0v) is 16.3. The Morgan fingerprint density at radius 2 is 1.83 bits per heavy atom. The Hall–Kier alpha value is -3.42. The van der Waals surface area contributed by atoms with Crippen molar-refractivity contribution in [2.45, 2.75) is 32.4 Å². The van der Waals surface area contributed by atoms with Crippen molar-refractivity contribution in [3.63, 3.8) is 0 Å². The average Bonchev–Trinajstić information content (AvgIpc) is 3.26. The van der Waals surface area contributed by atoms with E-state index in [-0.39, 0.29) is 17.2 Å². The van der Waals surface area contributed by atoms with Gasteiger partial charge < -0.3 is 15.5 Å². The molecule has 0 bridgehead atoms. The summed E-state index contributed by atoms with van der Waals surface area (Å²) in [6.45, 7) is 3.47. The van der Waals surface area contributed by atoms with Crippen molar-refractivity contribution in [2.24, 2.45) is 0 Å². The molecule has 152 valence electrons. The molecule has 2 N–H and O–H groups in total. The number of nitro groups is 1. The van der Waals surface area contributed by atoms with Crippen molar-refractivity contribution in [1.29, 1.82) is 0 Å². The lowest BCUT2D eigenvalue weighted by Crippen LogP contribution is -2.44. The molecule has 0 spiro atoms. The van der Waals surface area contributed by atoms with E-state index in [2.05, 4.69) is 10.6 Å². The molecule has 2 aromatic rings. The lowest BCUT2D eigenvalue weighted by Gasteiger charge is -2.18. The maximum atomic E-state index is 12.5. The lowest BCUT2D eigenvalue weighted by atomic mass is 10.1. The van der Waals surface area contributed by atoms with Crippen molar-refractivity contribution in [3.05, 3.63) is 69.8 Å². The number of anilines is 1. The summed E-state index contributed by atoms with van der Waals surface area (Å²) in [5.74, 6) is -0.853. The van der Waals surface area contributed by atoms with E-state index in [1.165, 1.54) is 6.07 Å². The molecule has 1 fully saturated rings. The fourth-order valence-electron chi connectivity index (χ4n) is 3.32. The highest BCUT2D eigenvalue weighted by Gasteiger charge is 2.24.